The van der Waals surface area contributed by atoms with Crippen LogP contribution < -0.4 is 5.56 Å². The van der Waals surface area contributed by atoms with Crippen molar-refractivity contribution in [2.45, 2.75) is 6.54 Å². The Labute approximate surface area is 141 Å². The van der Waals surface area contributed by atoms with Crippen molar-refractivity contribution < 1.29 is 0 Å². The van der Waals surface area contributed by atoms with Gasteiger partial charge >= 0.3 is 0 Å². The summed E-state index contributed by atoms with van der Waals surface area (Å²) in [5, 5.41) is 9.75. The lowest BCUT2D eigenvalue weighted by atomic mass is 10.2. The van der Waals surface area contributed by atoms with Gasteiger partial charge in [-0.3, -0.25) is 4.79 Å². The molecule has 0 aliphatic heterocycles. The Hall–Kier alpha value is -3.06. The van der Waals surface area contributed by atoms with Crippen molar-refractivity contribution in [3.05, 3.63) is 70.0 Å². The predicted molar refractivity (Wildman–Crippen MR) is 89.7 cm³/mol. The van der Waals surface area contributed by atoms with Crippen LogP contribution in [0.15, 0.2) is 53.7 Å². The minimum absolute atomic E-state index is 0.203. The second-order valence-electron chi connectivity index (χ2n) is 5.21. The number of hydrogen-bond acceptors (Lipinski definition) is 5. The number of H-pyrrole nitrogens is 1. The van der Waals surface area contributed by atoms with E-state index in [2.05, 4.69) is 25.3 Å². The number of rotatable bonds is 3. The van der Waals surface area contributed by atoms with Gasteiger partial charge in [-0.05, 0) is 12.1 Å². The quantitative estimate of drug-likeness (QED) is 0.619. The molecule has 0 atom stereocenters. The van der Waals surface area contributed by atoms with Crippen LogP contribution >= 0.6 is 11.6 Å². The molecule has 0 saturated carbocycles. The average Bonchev–Trinajstić information content (AvgIpc) is 3.03. The number of aromatic amines is 1. The van der Waals surface area contributed by atoms with Crippen LogP contribution in [0.4, 0.5) is 0 Å². The SMILES string of the molecule is O=c1cc(Cn2cc(-c3ccc4cccc(Cl)c4n3)nn2)nc[nH]1. The topological polar surface area (TPSA) is 89.3 Å². The fourth-order valence-corrected chi connectivity index (χ4v) is 2.63. The summed E-state index contributed by atoms with van der Waals surface area (Å²) in [4.78, 5) is 22.4. The lowest BCUT2D eigenvalue weighted by molar-refractivity contribution is 0.636. The van der Waals surface area contributed by atoms with E-state index in [1.54, 1.807) is 16.9 Å². The van der Waals surface area contributed by atoms with Crippen LogP contribution in [0.1, 0.15) is 5.69 Å². The number of benzene rings is 1. The smallest absolute Gasteiger partial charge is 0.250 e. The first kappa shape index (κ1) is 14.5. The van der Waals surface area contributed by atoms with Gasteiger partial charge in [-0.2, -0.15) is 0 Å². The molecule has 0 aliphatic carbocycles. The third-order valence-electron chi connectivity index (χ3n) is 3.53. The monoisotopic (exact) mass is 338 g/mol. The molecule has 4 rings (SSSR count). The van der Waals surface area contributed by atoms with Crippen LogP contribution in [0.5, 0.6) is 0 Å². The minimum atomic E-state index is -0.203. The Kier molecular flexibility index (Phi) is 3.55. The maximum atomic E-state index is 11.3. The van der Waals surface area contributed by atoms with Crippen molar-refractivity contribution in [1.29, 1.82) is 0 Å². The van der Waals surface area contributed by atoms with Gasteiger partial charge in [-0.15, -0.1) is 5.10 Å². The molecule has 0 aliphatic rings. The molecule has 0 spiro atoms. The summed E-state index contributed by atoms with van der Waals surface area (Å²) in [6.45, 7) is 0.352. The van der Waals surface area contributed by atoms with Crippen molar-refractivity contribution in [2.75, 3.05) is 0 Å². The highest BCUT2D eigenvalue weighted by Gasteiger charge is 2.09. The largest absolute Gasteiger partial charge is 0.313 e. The molecular formula is C16H11ClN6O. The molecule has 3 aromatic heterocycles. The van der Waals surface area contributed by atoms with Crippen molar-refractivity contribution in [3.63, 3.8) is 0 Å². The van der Waals surface area contributed by atoms with Crippen LogP contribution in [-0.2, 0) is 6.54 Å². The summed E-state index contributed by atoms with van der Waals surface area (Å²) in [6.07, 6.45) is 3.12. The van der Waals surface area contributed by atoms with E-state index in [1.165, 1.54) is 12.4 Å². The first-order valence-electron chi connectivity index (χ1n) is 7.18. The zero-order valence-electron chi connectivity index (χ0n) is 12.3. The molecule has 1 N–H and O–H groups in total. The van der Waals surface area contributed by atoms with Crippen molar-refractivity contribution in [2.24, 2.45) is 0 Å². The molecular weight excluding hydrogens is 328 g/mol. The first-order chi connectivity index (χ1) is 11.7. The van der Waals surface area contributed by atoms with Crippen molar-refractivity contribution in [3.8, 4) is 11.4 Å². The van der Waals surface area contributed by atoms with Crippen LogP contribution in [0.25, 0.3) is 22.3 Å². The summed E-state index contributed by atoms with van der Waals surface area (Å²) < 4.78 is 1.61. The Morgan fingerprint density at radius 1 is 1.17 bits per heavy atom. The number of nitrogens with one attached hydrogen (secondary N) is 1. The van der Waals surface area contributed by atoms with Gasteiger partial charge in [0.1, 0.15) is 5.69 Å². The maximum absolute atomic E-state index is 11.3. The number of halogens is 1. The highest BCUT2D eigenvalue weighted by atomic mass is 35.5. The summed E-state index contributed by atoms with van der Waals surface area (Å²) in [5.74, 6) is 0. The van der Waals surface area contributed by atoms with Gasteiger partial charge in [0, 0.05) is 11.5 Å². The van der Waals surface area contributed by atoms with Gasteiger partial charge in [-0.1, -0.05) is 35.0 Å². The molecule has 0 bridgehead atoms. The van der Waals surface area contributed by atoms with E-state index in [0.717, 1.165) is 10.9 Å². The lowest BCUT2D eigenvalue weighted by Gasteiger charge is -2.01. The summed E-state index contributed by atoms with van der Waals surface area (Å²) in [7, 11) is 0. The van der Waals surface area contributed by atoms with E-state index < -0.39 is 0 Å². The Balaban J connectivity index is 1.67. The third-order valence-corrected chi connectivity index (χ3v) is 3.84. The fraction of sp³-hybridized carbons (Fsp3) is 0.0625. The third kappa shape index (κ3) is 2.77. The second-order valence-corrected chi connectivity index (χ2v) is 5.62. The van der Waals surface area contributed by atoms with E-state index in [-0.39, 0.29) is 5.56 Å². The molecule has 7 nitrogen and oxygen atoms in total. The number of para-hydroxylation sites is 1. The maximum Gasteiger partial charge on any atom is 0.250 e. The zero-order chi connectivity index (χ0) is 16.5. The zero-order valence-corrected chi connectivity index (χ0v) is 13.1. The van der Waals surface area contributed by atoms with Crippen molar-refractivity contribution in [1.82, 2.24) is 29.9 Å². The first-order valence-corrected chi connectivity index (χ1v) is 7.56. The van der Waals surface area contributed by atoms with Gasteiger partial charge in [0.15, 0.2) is 0 Å². The number of nitrogens with zero attached hydrogens (tertiary/aromatic N) is 5. The molecule has 118 valence electrons. The second kappa shape index (κ2) is 5.86. The summed E-state index contributed by atoms with van der Waals surface area (Å²) >= 11 is 6.20. The lowest BCUT2D eigenvalue weighted by Crippen LogP contribution is -2.10. The van der Waals surface area contributed by atoms with Crippen LogP contribution in [0.2, 0.25) is 5.02 Å². The van der Waals surface area contributed by atoms with E-state index >= 15 is 0 Å². The number of hydrogen-bond donors (Lipinski definition) is 1. The van der Waals surface area contributed by atoms with E-state index in [1.807, 2.05) is 24.3 Å². The van der Waals surface area contributed by atoms with Crippen LogP contribution in [0.3, 0.4) is 0 Å². The Morgan fingerprint density at radius 2 is 2.08 bits per heavy atom. The number of fused-ring (bicyclic) bond motifs is 1. The highest BCUT2D eigenvalue weighted by Crippen LogP contribution is 2.24. The van der Waals surface area contributed by atoms with Crippen molar-refractivity contribution >= 4 is 22.5 Å². The van der Waals surface area contributed by atoms with Gasteiger partial charge in [0.2, 0.25) is 0 Å². The predicted octanol–water partition coefficient (Wildman–Crippen LogP) is 2.28. The van der Waals surface area contributed by atoms with Gasteiger partial charge in [-0.25, -0.2) is 14.6 Å². The molecule has 0 saturated heterocycles. The van der Waals surface area contributed by atoms with Gasteiger partial charge < -0.3 is 4.98 Å². The molecule has 8 heteroatoms. The summed E-state index contributed by atoms with van der Waals surface area (Å²) in [5.41, 5.74) is 2.43. The minimum Gasteiger partial charge on any atom is -0.313 e. The van der Waals surface area contributed by atoms with Crippen LogP contribution in [0, 0.1) is 0 Å². The summed E-state index contributed by atoms with van der Waals surface area (Å²) in [6, 6.07) is 10.9. The molecule has 0 amide bonds. The molecule has 0 fully saturated rings. The van der Waals surface area contributed by atoms with Gasteiger partial charge in [0.05, 0.1) is 41.0 Å². The number of aromatic nitrogens is 6. The highest BCUT2D eigenvalue weighted by molar-refractivity contribution is 6.35. The van der Waals surface area contributed by atoms with Crippen LogP contribution in [-0.4, -0.2) is 29.9 Å². The normalized spacial score (nSPS) is 11.0. The Bertz CT molecular complexity index is 1090. The molecule has 1 aromatic carbocycles. The molecule has 3 heterocycles. The fourth-order valence-electron chi connectivity index (χ4n) is 2.41. The standard InChI is InChI=1S/C16H11ClN6O/c17-12-3-1-2-10-4-5-13(20-16(10)12)14-8-23(22-21-14)7-11-6-15(24)19-9-18-11/h1-6,8-9H,7H2,(H,18,19,24). The molecule has 0 radical (unpaired) electrons. The van der Waals surface area contributed by atoms with E-state index in [0.29, 0.717) is 28.6 Å². The van der Waals surface area contributed by atoms with E-state index in [9.17, 15) is 4.79 Å². The Morgan fingerprint density at radius 3 is 2.96 bits per heavy atom. The molecule has 0 unspecified atom stereocenters. The molecule has 4 aromatic rings. The van der Waals surface area contributed by atoms with E-state index in [4.69, 9.17) is 11.6 Å². The van der Waals surface area contributed by atoms with Gasteiger partial charge in [0.25, 0.3) is 5.56 Å². The molecule has 24 heavy (non-hydrogen) atoms. The average molecular weight is 339 g/mol. The number of pyridine rings is 1.